The number of aryl methyl sites for hydroxylation is 1. The van der Waals surface area contributed by atoms with Crippen LogP contribution in [-0.2, 0) is 16.0 Å². The van der Waals surface area contributed by atoms with Crippen LogP contribution in [0.4, 0.5) is 0 Å². The van der Waals surface area contributed by atoms with Crippen molar-refractivity contribution < 1.29 is 18.8 Å². The summed E-state index contributed by atoms with van der Waals surface area (Å²) < 4.78 is 10.9. The van der Waals surface area contributed by atoms with Gasteiger partial charge in [-0.2, -0.15) is 4.98 Å². The maximum absolute atomic E-state index is 12.8. The molecule has 0 aliphatic carbocycles. The molecule has 0 N–H and O–H groups in total. The van der Waals surface area contributed by atoms with Crippen LogP contribution in [0.2, 0.25) is 5.02 Å². The van der Waals surface area contributed by atoms with E-state index in [2.05, 4.69) is 10.1 Å². The van der Waals surface area contributed by atoms with Crippen LogP contribution in [0.1, 0.15) is 18.3 Å². The normalized spacial score (nSPS) is 16.0. The Morgan fingerprint density at radius 1 is 1.12 bits per heavy atom. The first-order chi connectivity index (χ1) is 15.9. The van der Waals surface area contributed by atoms with E-state index >= 15 is 0 Å². The van der Waals surface area contributed by atoms with Crippen LogP contribution >= 0.6 is 11.6 Å². The molecule has 4 rings (SSSR count). The summed E-state index contributed by atoms with van der Waals surface area (Å²) in [4.78, 5) is 33.3. The summed E-state index contributed by atoms with van der Waals surface area (Å²) in [6.07, 6.45) is 0.0513. The number of carbonyl (C=O) groups is 2. The fourth-order valence-corrected chi connectivity index (χ4v) is 3.93. The van der Waals surface area contributed by atoms with Crippen LogP contribution in [0.5, 0.6) is 5.75 Å². The van der Waals surface area contributed by atoms with Gasteiger partial charge in [-0.15, -0.1) is 0 Å². The molecule has 1 fully saturated rings. The highest BCUT2D eigenvalue weighted by atomic mass is 35.5. The minimum absolute atomic E-state index is 0.0513. The Kier molecular flexibility index (Phi) is 6.93. The van der Waals surface area contributed by atoms with Crippen LogP contribution in [-0.4, -0.2) is 64.0 Å². The number of benzene rings is 2. The molecule has 0 radical (unpaired) electrons. The molecule has 1 aliphatic rings. The molecule has 1 aromatic heterocycles. The molecular formula is C24H25ClN4O4. The minimum atomic E-state index is -0.128. The summed E-state index contributed by atoms with van der Waals surface area (Å²) in [6, 6.07) is 14.4. The number of rotatable bonds is 6. The van der Waals surface area contributed by atoms with Gasteiger partial charge in [0, 0.05) is 36.3 Å². The number of halogens is 1. The van der Waals surface area contributed by atoms with Gasteiger partial charge in [0.05, 0.1) is 6.42 Å². The molecule has 8 nitrogen and oxygen atoms in total. The average Bonchev–Trinajstić information content (AvgIpc) is 3.26. The topological polar surface area (TPSA) is 88.8 Å². The molecule has 1 atom stereocenters. The highest BCUT2D eigenvalue weighted by Gasteiger charge is 2.30. The predicted molar refractivity (Wildman–Crippen MR) is 123 cm³/mol. The Bertz CT molecular complexity index is 1130. The lowest BCUT2D eigenvalue weighted by atomic mass is 10.1. The van der Waals surface area contributed by atoms with E-state index in [1.807, 2.05) is 38.1 Å². The number of aromatic nitrogens is 2. The lowest BCUT2D eigenvalue weighted by Crippen LogP contribution is -2.56. The van der Waals surface area contributed by atoms with Crippen LogP contribution in [0.3, 0.4) is 0 Å². The van der Waals surface area contributed by atoms with Crippen molar-refractivity contribution in [2.75, 3.05) is 26.2 Å². The molecule has 0 saturated carbocycles. The molecule has 1 unspecified atom stereocenters. The van der Waals surface area contributed by atoms with Gasteiger partial charge in [-0.3, -0.25) is 9.59 Å². The summed E-state index contributed by atoms with van der Waals surface area (Å²) >= 11 is 5.86. The summed E-state index contributed by atoms with van der Waals surface area (Å²) in [5, 5.41) is 4.57. The van der Waals surface area contributed by atoms with Crippen LogP contribution in [0, 0.1) is 6.92 Å². The molecule has 33 heavy (non-hydrogen) atoms. The molecule has 1 saturated heterocycles. The first kappa shape index (κ1) is 22.8. The SMILES string of the molecule is Cc1ccccc1-c1nc(CC(=O)N2CCN(C(=O)COc3ccc(Cl)cc3)C(C)C2)no1. The standard InChI is InChI=1S/C24H25ClN4O4/c1-16-5-3-4-6-20(16)24-26-21(27-33-24)13-22(30)28-11-12-29(17(2)14-28)23(31)15-32-19-9-7-18(25)8-10-19/h3-10,17H,11-15H2,1-2H3. The zero-order valence-corrected chi connectivity index (χ0v) is 19.3. The van der Waals surface area contributed by atoms with Gasteiger partial charge in [-0.05, 0) is 49.7 Å². The Labute approximate surface area is 197 Å². The molecule has 0 bridgehead atoms. The highest BCUT2D eigenvalue weighted by Crippen LogP contribution is 2.21. The number of carbonyl (C=O) groups excluding carboxylic acids is 2. The predicted octanol–water partition coefficient (Wildman–Crippen LogP) is 3.38. The molecule has 3 aromatic rings. The van der Waals surface area contributed by atoms with Gasteiger partial charge in [0.1, 0.15) is 5.75 Å². The van der Waals surface area contributed by atoms with Crippen LogP contribution in [0.25, 0.3) is 11.5 Å². The van der Waals surface area contributed by atoms with E-state index in [9.17, 15) is 9.59 Å². The van der Waals surface area contributed by atoms with Crippen molar-refractivity contribution in [2.24, 2.45) is 0 Å². The number of ether oxygens (including phenoxy) is 1. The number of hydrogen-bond donors (Lipinski definition) is 0. The molecule has 172 valence electrons. The minimum Gasteiger partial charge on any atom is -0.484 e. The third-order valence-corrected chi connectivity index (χ3v) is 5.88. The number of nitrogens with zero attached hydrogens (tertiary/aromatic N) is 4. The second-order valence-electron chi connectivity index (χ2n) is 8.03. The molecule has 1 aliphatic heterocycles. The molecule has 2 amide bonds. The smallest absolute Gasteiger partial charge is 0.260 e. The number of piperazine rings is 1. The van der Waals surface area contributed by atoms with E-state index in [-0.39, 0.29) is 30.9 Å². The van der Waals surface area contributed by atoms with Crippen molar-refractivity contribution in [3.63, 3.8) is 0 Å². The molecule has 9 heteroatoms. The maximum Gasteiger partial charge on any atom is 0.260 e. The quantitative estimate of drug-likeness (QED) is 0.551. The van der Waals surface area contributed by atoms with Crippen LogP contribution in [0.15, 0.2) is 53.1 Å². The van der Waals surface area contributed by atoms with Gasteiger partial charge in [-0.25, -0.2) is 0 Å². The van der Waals surface area contributed by atoms with Crippen molar-refractivity contribution in [3.05, 3.63) is 64.9 Å². The second kappa shape index (κ2) is 10.0. The van der Waals surface area contributed by atoms with Gasteiger partial charge < -0.3 is 19.1 Å². The van der Waals surface area contributed by atoms with Gasteiger partial charge in [0.2, 0.25) is 5.91 Å². The highest BCUT2D eigenvalue weighted by molar-refractivity contribution is 6.30. The zero-order valence-electron chi connectivity index (χ0n) is 18.5. The average molecular weight is 469 g/mol. The number of amides is 2. The summed E-state index contributed by atoms with van der Waals surface area (Å²) in [5.41, 5.74) is 1.87. The molecule has 2 heterocycles. The fourth-order valence-electron chi connectivity index (χ4n) is 3.81. The zero-order chi connectivity index (χ0) is 23.4. The third kappa shape index (κ3) is 5.51. The van der Waals surface area contributed by atoms with Gasteiger partial charge in [0.25, 0.3) is 11.8 Å². The first-order valence-electron chi connectivity index (χ1n) is 10.7. The Morgan fingerprint density at radius 2 is 1.88 bits per heavy atom. The van der Waals surface area contributed by atoms with E-state index in [1.165, 1.54) is 0 Å². The van der Waals surface area contributed by atoms with E-state index in [0.29, 0.717) is 42.1 Å². The summed E-state index contributed by atoms with van der Waals surface area (Å²) in [5.74, 6) is 1.12. The van der Waals surface area contributed by atoms with Crippen molar-refractivity contribution in [3.8, 4) is 17.2 Å². The lowest BCUT2D eigenvalue weighted by molar-refractivity contribution is -0.143. The van der Waals surface area contributed by atoms with Gasteiger partial charge in [0.15, 0.2) is 12.4 Å². The largest absolute Gasteiger partial charge is 0.484 e. The summed E-state index contributed by atoms with van der Waals surface area (Å²) in [6.45, 7) is 5.14. The Balaban J connectivity index is 1.29. The fraction of sp³-hybridized carbons (Fsp3) is 0.333. The van der Waals surface area contributed by atoms with Crippen molar-refractivity contribution in [1.29, 1.82) is 0 Å². The second-order valence-corrected chi connectivity index (χ2v) is 8.46. The van der Waals surface area contributed by atoms with Crippen molar-refractivity contribution >= 4 is 23.4 Å². The van der Waals surface area contributed by atoms with Crippen LogP contribution < -0.4 is 4.74 Å². The van der Waals surface area contributed by atoms with E-state index in [1.54, 1.807) is 34.1 Å². The van der Waals surface area contributed by atoms with E-state index in [0.717, 1.165) is 11.1 Å². The molecular weight excluding hydrogens is 444 g/mol. The van der Waals surface area contributed by atoms with Crippen molar-refractivity contribution in [2.45, 2.75) is 26.3 Å². The Morgan fingerprint density at radius 3 is 2.61 bits per heavy atom. The first-order valence-corrected chi connectivity index (χ1v) is 11.1. The van der Waals surface area contributed by atoms with Gasteiger partial charge >= 0.3 is 0 Å². The third-order valence-electron chi connectivity index (χ3n) is 5.63. The summed E-state index contributed by atoms with van der Waals surface area (Å²) in [7, 11) is 0. The Hall–Kier alpha value is -3.39. The van der Waals surface area contributed by atoms with E-state index in [4.69, 9.17) is 20.9 Å². The molecule has 2 aromatic carbocycles. The van der Waals surface area contributed by atoms with Crippen molar-refractivity contribution in [1.82, 2.24) is 19.9 Å². The van der Waals surface area contributed by atoms with Gasteiger partial charge in [-0.1, -0.05) is 35.0 Å². The lowest BCUT2D eigenvalue weighted by Gasteiger charge is -2.39. The monoisotopic (exact) mass is 468 g/mol. The van der Waals surface area contributed by atoms with E-state index < -0.39 is 0 Å². The molecule has 0 spiro atoms. The maximum atomic E-state index is 12.8. The number of hydrogen-bond acceptors (Lipinski definition) is 6.